The zero-order chi connectivity index (χ0) is 22.5. The van der Waals surface area contributed by atoms with Crippen LogP contribution in [0.1, 0.15) is 5.56 Å². The van der Waals surface area contributed by atoms with Gasteiger partial charge in [-0.3, -0.25) is 19.8 Å². The van der Waals surface area contributed by atoms with Gasteiger partial charge in [0, 0.05) is 0 Å². The third-order valence-electron chi connectivity index (χ3n) is 4.34. The SMILES string of the molecule is C=CCOc1c(Br)cc(C=C2C(=O)NC(=S)N(c3ccc(OC)cc3)C2=O)cc1OC. The van der Waals surface area contributed by atoms with Crippen LogP contribution in [0.2, 0.25) is 0 Å². The van der Waals surface area contributed by atoms with E-state index in [0.29, 0.717) is 39.6 Å². The molecule has 160 valence electrons. The lowest BCUT2D eigenvalue weighted by molar-refractivity contribution is -0.122. The minimum atomic E-state index is -0.582. The highest BCUT2D eigenvalue weighted by Gasteiger charge is 2.34. The summed E-state index contributed by atoms with van der Waals surface area (Å²) in [5.41, 5.74) is 1.00. The van der Waals surface area contributed by atoms with Gasteiger partial charge in [0.25, 0.3) is 11.8 Å². The maximum Gasteiger partial charge on any atom is 0.270 e. The molecule has 2 aromatic rings. The summed E-state index contributed by atoms with van der Waals surface area (Å²) in [6.45, 7) is 3.92. The Hall–Kier alpha value is -3.17. The summed E-state index contributed by atoms with van der Waals surface area (Å²) in [7, 11) is 3.05. The molecule has 1 aliphatic rings. The molecule has 2 aromatic carbocycles. The first-order valence-electron chi connectivity index (χ1n) is 9.06. The first-order valence-corrected chi connectivity index (χ1v) is 10.3. The lowest BCUT2D eigenvalue weighted by atomic mass is 10.1. The second-order valence-corrected chi connectivity index (χ2v) is 7.53. The fourth-order valence-corrected chi connectivity index (χ4v) is 3.75. The van der Waals surface area contributed by atoms with E-state index in [0.717, 1.165) is 0 Å². The lowest BCUT2D eigenvalue weighted by Crippen LogP contribution is -2.54. The average Bonchev–Trinajstić information content (AvgIpc) is 2.76. The smallest absolute Gasteiger partial charge is 0.270 e. The fraction of sp³-hybridized carbons (Fsp3) is 0.136. The number of carbonyl (C=O) groups excluding carboxylic acids is 2. The highest BCUT2D eigenvalue weighted by molar-refractivity contribution is 9.10. The van der Waals surface area contributed by atoms with Crippen LogP contribution in [-0.4, -0.2) is 37.8 Å². The van der Waals surface area contributed by atoms with Crippen molar-refractivity contribution in [1.82, 2.24) is 5.32 Å². The molecule has 1 fully saturated rings. The molecular weight excluding hydrogens is 484 g/mol. The summed E-state index contributed by atoms with van der Waals surface area (Å²) < 4.78 is 16.7. The van der Waals surface area contributed by atoms with E-state index in [1.54, 1.807) is 49.6 Å². The zero-order valence-corrected chi connectivity index (χ0v) is 19.2. The van der Waals surface area contributed by atoms with Gasteiger partial charge in [-0.05, 0) is 76.2 Å². The molecule has 3 rings (SSSR count). The van der Waals surface area contributed by atoms with Gasteiger partial charge in [-0.15, -0.1) is 0 Å². The van der Waals surface area contributed by atoms with Crippen molar-refractivity contribution < 1.29 is 23.8 Å². The molecule has 0 saturated carbocycles. The molecule has 31 heavy (non-hydrogen) atoms. The standard InChI is InChI=1S/C22H19BrN2O5S/c1-4-9-30-19-17(23)11-13(12-18(19)29-3)10-16-20(26)24-22(31)25(21(16)27)14-5-7-15(28-2)8-6-14/h4-8,10-12H,1,9H2,2-3H3,(H,24,26,31). The van der Waals surface area contributed by atoms with Gasteiger partial charge in [-0.1, -0.05) is 12.7 Å². The van der Waals surface area contributed by atoms with Gasteiger partial charge >= 0.3 is 0 Å². The van der Waals surface area contributed by atoms with E-state index in [1.165, 1.54) is 18.1 Å². The number of hydrogen-bond acceptors (Lipinski definition) is 6. The number of nitrogens with one attached hydrogen (secondary N) is 1. The van der Waals surface area contributed by atoms with Crippen LogP contribution >= 0.6 is 28.1 Å². The molecule has 0 unspecified atom stereocenters. The van der Waals surface area contributed by atoms with Gasteiger partial charge in [0.2, 0.25) is 0 Å². The molecular formula is C22H19BrN2O5S. The fourth-order valence-electron chi connectivity index (χ4n) is 2.90. The molecule has 0 spiro atoms. The van der Waals surface area contributed by atoms with Crippen LogP contribution in [0.4, 0.5) is 5.69 Å². The Morgan fingerprint density at radius 3 is 2.48 bits per heavy atom. The predicted octanol–water partition coefficient (Wildman–Crippen LogP) is 3.86. The van der Waals surface area contributed by atoms with Crippen molar-refractivity contribution in [3.05, 3.63) is 64.7 Å². The molecule has 7 nitrogen and oxygen atoms in total. The molecule has 1 N–H and O–H groups in total. The van der Waals surface area contributed by atoms with Gasteiger partial charge < -0.3 is 14.2 Å². The Morgan fingerprint density at radius 1 is 1.16 bits per heavy atom. The van der Waals surface area contributed by atoms with Crippen LogP contribution in [0.25, 0.3) is 6.08 Å². The Kier molecular flexibility index (Phi) is 7.09. The monoisotopic (exact) mass is 502 g/mol. The normalized spacial score (nSPS) is 15.0. The highest BCUT2D eigenvalue weighted by Crippen LogP contribution is 2.37. The van der Waals surface area contributed by atoms with E-state index in [4.69, 9.17) is 26.4 Å². The molecule has 0 aromatic heterocycles. The van der Waals surface area contributed by atoms with Crippen LogP contribution in [0.5, 0.6) is 17.2 Å². The number of rotatable bonds is 7. The van der Waals surface area contributed by atoms with E-state index in [9.17, 15) is 9.59 Å². The molecule has 2 amide bonds. The minimum absolute atomic E-state index is 0.00394. The second kappa shape index (κ2) is 9.76. The van der Waals surface area contributed by atoms with Crippen molar-refractivity contribution in [1.29, 1.82) is 0 Å². The van der Waals surface area contributed by atoms with Crippen LogP contribution in [0.3, 0.4) is 0 Å². The summed E-state index contributed by atoms with van der Waals surface area (Å²) >= 11 is 8.66. The molecule has 0 aliphatic carbocycles. The summed E-state index contributed by atoms with van der Waals surface area (Å²) in [6.07, 6.45) is 3.09. The summed E-state index contributed by atoms with van der Waals surface area (Å²) in [6, 6.07) is 10.2. The number of methoxy groups -OCH3 is 2. The Labute approximate surface area is 193 Å². The van der Waals surface area contributed by atoms with E-state index in [1.807, 2.05) is 0 Å². The van der Waals surface area contributed by atoms with Gasteiger partial charge in [0.1, 0.15) is 17.9 Å². The Balaban J connectivity index is 1.99. The van der Waals surface area contributed by atoms with Crippen LogP contribution in [0, 0.1) is 0 Å². The predicted molar refractivity (Wildman–Crippen MR) is 126 cm³/mol. The maximum atomic E-state index is 13.2. The van der Waals surface area contributed by atoms with Crippen LogP contribution in [0.15, 0.2) is 59.1 Å². The quantitative estimate of drug-likeness (QED) is 0.268. The van der Waals surface area contributed by atoms with Crippen LogP contribution < -0.4 is 24.4 Å². The third-order valence-corrected chi connectivity index (χ3v) is 5.21. The van der Waals surface area contributed by atoms with Crippen molar-refractivity contribution in [3.8, 4) is 17.2 Å². The molecule has 0 radical (unpaired) electrons. The zero-order valence-electron chi connectivity index (χ0n) is 16.8. The van der Waals surface area contributed by atoms with Crippen LogP contribution in [-0.2, 0) is 9.59 Å². The van der Waals surface area contributed by atoms with Gasteiger partial charge in [0.05, 0.1) is 24.4 Å². The number of carbonyl (C=O) groups is 2. The van der Waals surface area contributed by atoms with E-state index in [2.05, 4.69) is 27.8 Å². The Bertz CT molecular complexity index is 1080. The topological polar surface area (TPSA) is 77.1 Å². The van der Waals surface area contributed by atoms with Gasteiger partial charge in [0.15, 0.2) is 16.6 Å². The molecule has 1 aliphatic heterocycles. The first kappa shape index (κ1) is 22.5. The number of benzene rings is 2. The summed E-state index contributed by atoms with van der Waals surface area (Å²) in [5, 5.41) is 2.56. The third kappa shape index (κ3) is 4.78. The number of ether oxygens (including phenoxy) is 3. The molecule has 9 heteroatoms. The number of amides is 2. The Morgan fingerprint density at radius 2 is 1.87 bits per heavy atom. The van der Waals surface area contributed by atoms with Gasteiger partial charge in [-0.25, -0.2) is 0 Å². The van der Waals surface area contributed by atoms with Crippen molar-refractivity contribution in [2.75, 3.05) is 25.7 Å². The van der Waals surface area contributed by atoms with Crippen molar-refractivity contribution in [3.63, 3.8) is 0 Å². The number of halogens is 1. The van der Waals surface area contributed by atoms with Crippen molar-refractivity contribution in [2.45, 2.75) is 0 Å². The van der Waals surface area contributed by atoms with E-state index < -0.39 is 11.8 Å². The first-order chi connectivity index (χ1) is 14.9. The maximum absolute atomic E-state index is 13.2. The molecule has 0 atom stereocenters. The largest absolute Gasteiger partial charge is 0.497 e. The molecule has 1 heterocycles. The van der Waals surface area contributed by atoms with E-state index in [-0.39, 0.29) is 10.7 Å². The summed E-state index contributed by atoms with van der Waals surface area (Å²) in [4.78, 5) is 26.9. The number of thiocarbonyl (C=S) groups is 1. The van der Waals surface area contributed by atoms with E-state index >= 15 is 0 Å². The summed E-state index contributed by atoms with van der Waals surface area (Å²) in [5.74, 6) is 0.441. The number of hydrogen-bond donors (Lipinski definition) is 1. The van der Waals surface area contributed by atoms with Gasteiger partial charge in [-0.2, -0.15) is 0 Å². The number of anilines is 1. The lowest BCUT2D eigenvalue weighted by Gasteiger charge is -2.29. The molecule has 0 bridgehead atoms. The second-order valence-electron chi connectivity index (χ2n) is 6.29. The minimum Gasteiger partial charge on any atom is -0.497 e. The van der Waals surface area contributed by atoms with Crippen molar-refractivity contribution in [2.24, 2.45) is 0 Å². The highest BCUT2D eigenvalue weighted by atomic mass is 79.9. The van der Waals surface area contributed by atoms with Crippen molar-refractivity contribution >= 4 is 56.8 Å². The number of nitrogens with zero attached hydrogens (tertiary/aromatic N) is 1. The molecule has 1 saturated heterocycles. The average molecular weight is 503 g/mol.